The van der Waals surface area contributed by atoms with Gasteiger partial charge in [0.25, 0.3) is 0 Å². The summed E-state index contributed by atoms with van der Waals surface area (Å²) in [4.78, 5) is 98.4. The fraction of sp³-hybridized carbons (Fsp3) is 0.659. The number of phenols is 1. The number of rotatable bonds is 19. The van der Waals surface area contributed by atoms with E-state index in [1.807, 2.05) is 0 Å². The van der Waals surface area contributed by atoms with Gasteiger partial charge in [-0.1, -0.05) is 39.8 Å². The van der Waals surface area contributed by atoms with Crippen molar-refractivity contribution in [2.45, 2.75) is 128 Å². The van der Waals surface area contributed by atoms with Gasteiger partial charge in [-0.05, 0) is 49.3 Å². The first-order valence-corrected chi connectivity index (χ1v) is 20.6. The number of aliphatic hydroxyl groups excluding tert-OH is 5. The number of nitrogens with zero attached hydrogens (tertiary/aromatic N) is 3. The zero-order valence-electron chi connectivity index (χ0n) is 36.0. The lowest BCUT2D eigenvalue weighted by Crippen LogP contribution is -2.62. The maximum atomic E-state index is 14.3. The van der Waals surface area contributed by atoms with Crippen LogP contribution in [0, 0.1) is 24.3 Å². The second kappa shape index (κ2) is 22.6. The first-order valence-electron chi connectivity index (χ1n) is 20.6. The first-order chi connectivity index (χ1) is 29.0. The van der Waals surface area contributed by atoms with Gasteiger partial charge in [0.05, 0.1) is 18.3 Å². The van der Waals surface area contributed by atoms with Gasteiger partial charge in [0.2, 0.25) is 47.9 Å². The molecule has 7 amide bonds. The maximum Gasteiger partial charge on any atom is 0.248 e. The molecule has 2 aliphatic rings. The third-order valence-electron chi connectivity index (χ3n) is 11.5. The molecule has 21 heteroatoms. The van der Waals surface area contributed by atoms with Gasteiger partial charge < -0.3 is 71.9 Å². The lowest BCUT2D eigenvalue weighted by Gasteiger charge is -2.34. The van der Waals surface area contributed by atoms with Crippen LogP contribution in [0.4, 0.5) is 0 Å². The number of hydrogen-bond donors (Lipinski definition) is 11. The number of β-amino-alcohol motifs (C(OH)–C–C–N with tert-alkyl or cyclic N) is 1. The molecule has 0 spiro atoms. The zero-order valence-corrected chi connectivity index (χ0v) is 36.0. The highest BCUT2D eigenvalue weighted by Gasteiger charge is 2.49. The molecule has 11 N–H and O–H groups in total. The highest BCUT2D eigenvalue weighted by Crippen LogP contribution is 2.29. The molecule has 344 valence electrons. The SMILES string of the molecule is [C-]#[N+]CC(O)C(NC(=O)C(NC(C)=O)C(C)C(C)c1ccc(O)cc1)C(=O)N1CC(C)C(O)C1C(=O)NC(O)C(C)CC(NC(C)=O)C(=O)NC(C(=O)N1CCC(O)C1)C(C)O. The third-order valence-corrected chi connectivity index (χ3v) is 11.5. The van der Waals surface area contributed by atoms with Crippen molar-refractivity contribution in [2.75, 3.05) is 26.2 Å². The number of benzene rings is 1. The summed E-state index contributed by atoms with van der Waals surface area (Å²) in [5, 5.41) is 75.6. The number of amides is 7. The van der Waals surface area contributed by atoms with Gasteiger partial charge in [0, 0.05) is 45.3 Å². The summed E-state index contributed by atoms with van der Waals surface area (Å²) in [6, 6.07) is -1.40. The van der Waals surface area contributed by atoms with E-state index >= 15 is 0 Å². The topological polar surface area (TPSA) is 312 Å². The third kappa shape index (κ3) is 13.3. The molecular weight excluding hydrogens is 812 g/mol. The number of aliphatic hydroxyl groups is 5. The summed E-state index contributed by atoms with van der Waals surface area (Å²) in [6.45, 7) is 16.6. The Hall–Kier alpha value is -5.40. The average Bonchev–Trinajstić information content (AvgIpc) is 3.77. The van der Waals surface area contributed by atoms with Crippen LogP contribution in [-0.2, 0) is 33.6 Å². The molecule has 2 saturated heterocycles. The van der Waals surface area contributed by atoms with Crippen LogP contribution in [0.5, 0.6) is 5.75 Å². The lowest BCUT2D eigenvalue weighted by atomic mass is 9.83. The molecule has 2 aliphatic heterocycles. The van der Waals surface area contributed by atoms with Crippen molar-refractivity contribution in [3.8, 4) is 5.75 Å². The van der Waals surface area contributed by atoms with Crippen molar-refractivity contribution < 1.29 is 64.2 Å². The van der Waals surface area contributed by atoms with Crippen molar-refractivity contribution in [3.05, 3.63) is 41.2 Å². The smallest absolute Gasteiger partial charge is 0.248 e. The molecule has 0 aliphatic carbocycles. The highest BCUT2D eigenvalue weighted by molar-refractivity contribution is 5.95. The normalized spacial score (nSPS) is 23.5. The van der Waals surface area contributed by atoms with E-state index in [0.717, 1.165) is 17.4 Å². The van der Waals surface area contributed by atoms with Crippen molar-refractivity contribution in [1.82, 2.24) is 36.4 Å². The Kier molecular flexibility index (Phi) is 18.6. The molecule has 0 saturated carbocycles. The molecule has 0 aromatic heterocycles. The zero-order chi connectivity index (χ0) is 46.7. The molecule has 2 heterocycles. The minimum atomic E-state index is -1.84. The lowest BCUT2D eigenvalue weighted by molar-refractivity contribution is -0.147. The predicted octanol–water partition coefficient (Wildman–Crippen LogP) is -2.97. The minimum Gasteiger partial charge on any atom is -0.508 e. The van der Waals surface area contributed by atoms with Gasteiger partial charge in [0.1, 0.15) is 42.2 Å². The van der Waals surface area contributed by atoms with Crippen LogP contribution in [0.15, 0.2) is 24.3 Å². The van der Waals surface area contributed by atoms with Crippen LogP contribution in [0.3, 0.4) is 0 Å². The molecule has 14 atom stereocenters. The summed E-state index contributed by atoms with van der Waals surface area (Å²) < 4.78 is 0. The Labute approximate surface area is 360 Å². The van der Waals surface area contributed by atoms with Gasteiger partial charge in [-0.25, -0.2) is 6.57 Å². The van der Waals surface area contributed by atoms with E-state index in [1.165, 1.54) is 44.7 Å². The second-order valence-corrected chi connectivity index (χ2v) is 16.6. The number of hydrogen-bond acceptors (Lipinski definition) is 13. The Morgan fingerprint density at radius 1 is 0.806 bits per heavy atom. The number of aromatic hydroxyl groups is 1. The number of carbonyl (C=O) groups excluding carboxylic acids is 7. The Bertz CT molecular complexity index is 1810. The van der Waals surface area contributed by atoms with Gasteiger partial charge >= 0.3 is 0 Å². The van der Waals surface area contributed by atoms with Crippen LogP contribution < -0.4 is 26.6 Å². The number of nitrogens with one attached hydrogen (secondary N) is 5. The fourth-order valence-electron chi connectivity index (χ4n) is 7.65. The molecule has 0 bridgehead atoms. The van der Waals surface area contributed by atoms with Crippen molar-refractivity contribution >= 4 is 41.4 Å². The minimum absolute atomic E-state index is 0.00500. The van der Waals surface area contributed by atoms with Crippen LogP contribution in [0.2, 0.25) is 0 Å². The summed E-state index contributed by atoms with van der Waals surface area (Å²) in [6.07, 6.45) is -7.22. The van der Waals surface area contributed by atoms with Crippen LogP contribution in [-0.4, -0.2) is 169 Å². The quantitative estimate of drug-likeness (QED) is 0.0490. The Morgan fingerprint density at radius 3 is 1.94 bits per heavy atom. The van der Waals surface area contributed by atoms with E-state index in [2.05, 4.69) is 31.4 Å². The van der Waals surface area contributed by atoms with Crippen molar-refractivity contribution in [2.24, 2.45) is 17.8 Å². The second-order valence-electron chi connectivity index (χ2n) is 16.6. The van der Waals surface area contributed by atoms with Crippen LogP contribution in [0.1, 0.15) is 72.8 Å². The van der Waals surface area contributed by atoms with E-state index in [0.29, 0.717) is 6.42 Å². The van der Waals surface area contributed by atoms with E-state index in [9.17, 15) is 64.2 Å². The van der Waals surface area contributed by atoms with Crippen molar-refractivity contribution in [3.63, 3.8) is 0 Å². The molecule has 2 fully saturated rings. The van der Waals surface area contributed by atoms with E-state index < -0.39 is 127 Å². The van der Waals surface area contributed by atoms with E-state index in [1.54, 1.807) is 26.0 Å². The van der Waals surface area contributed by atoms with Gasteiger partial charge in [-0.3, -0.25) is 33.6 Å². The Morgan fingerprint density at radius 2 is 1.40 bits per heavy atom. The molecule has 3 rings (SSSR count). The summed E-state index contributed by atoms with van der Waals surface area (Å²) in [5.74, 6) is -8.52. The fourth-order valence-corrected chi connectivity index (χ4v) is 7.65. The maximum absolute atomic E-state index is 14.3. The molecule has 62 heavy (non-hydrogen) atoms. The molecule has 0 radical (unpaired) electrons. The molecule has 1 aromatic rings. The van der Waals surface area contributed by atoms with E-state index in [4.69, 9.17) is 6.57 Å². The molecule has 14 unspecified atom stereocenters. The van der Waals surface area contributed by atoms with Crippen LogP contribution >= 0.6 is 0 Å². The number of phenolic OH excluding ortho intramolecular Hbond substituents is 1. The molecule has 21 nitrogen and oxygen atoms in total. The molecule has 1 aromatic carbocycles. The monoisotopic (exact) mass is 874 g/mol. The summed E-state index contributed by atoms with van der Waals surface area (Å²) >= 11 is 0. The molecular formula is C41H62N8O13. The number of likely N-dealkylation sites (tertiary alicyclic amines) is 2. The number of carbonyl (C=O) groups is 7. The van der Waals surface area contributed by atoms with E-state index in [-0.39, 0.29) is 37.7 Å². The highest BCUT2D eigenvalue weighted by atomic mass is 16.3. The Balaban J connectivity index is 1.81. The van der Waals surface area contributed by atoms with Crippen molar-refractivity contribution in [1.29, 1.82) is 0 Å². The van der Waals surface area contributed by atoms with Gasteiger partial charge in [0.15, 0.2) is 6.10 Å². The first kappa shape index (κ1) is 51.0. The average molecular weight is 875 g/mol. The predicted molar refractivity (Wildman–Crippen MR) is 220 cm³/mol. The summed E-state index contributed by atoms with van der Waals surface area (Å²) in [5.41, 5.74) is 0.718. The summed E-state index contributed by atoms with van der Waals surface area (Å²) in [7, 11) is 0. The van der Waals surface area contributed by atoms with Gasteiger partial charge in [-0.15, -0.1) is 0 Å². The standard InChI is InChI=1S/C41H62N8O13/c1-19(15-29(43-24(6)51)37(58)45-32(23(5)50)40(61)48-14-13-28(54)18-48)36(57)47-39(60)34-35(56)20(2)17-49(34)41(62)33(30(55)16-42-8)46-38(59)31(44-25(7)52)22(4)21(3)26-9-11-27(53)12-10-26/h9-12,19-23,28-36,50,53-57H,13-18H2,1-7H3,(H,43,51)(H,44,52)(H,45,58)(H,46,59)(H,47,60). The van der Waals surface area contributed by atoms with Crippen LogP contribution in [0.25, 0.3) is 4.85 Å². The largest absolute Gasteiger partial charge is 0.508 e. The van der Waals surface area contributed by atoms with Gasteiger partial charge in [-0.2, -0.15) is 0 Å².